The smallest absolute Gasteiger partial charge is 0.237 e. The fourth-order valence-electron chi connectivity index (χ4n) is 4.09. The minimum Gasteiger partial charge on any atom is -0.355 e. The number of nitrogens with zero attached hydrogens (tertiary/aromatic N) is 3. The standard InChI is InChI=1S/C18H22N4O/c23-18-16(6-3-9-19-18)21-10-13(11-21)22-15-5-2-1-4-14(15)20-17(22)12-7-8-12/h1-2,4-5,12-13,16H,3,6-11H2,(H,19,23). The molecule has 5 heteroatoms. The van der Waals surface area contributed by atoms with Gasteiger partial charge in [-0.15, -0.1) is 0 Å². The van der Waals surface area contributed by atoms with E-state index in [1.807, 2.05) is 0 Å². The molecule has 3 heterocycles. The van der Waals surface area contributed by atoms with Crippen LogP contribution in [-0.2, 0) is 4.79 Å². The first-order valence-corrected chi connectivity index (χ1v) is 8.80. The number of likely N-dealkylation sites (tertiary alicyclic amines) is 1. The molecule has 1 saturated carbocycles. The maximum Gasteiger partial charge on any atom is 0.237 e. The summed E-state index contributed by atoms with van der Waals surface area (Å²) in [4.78, 5) is 19.3. The van der Waals surface area contributed by atoms with Gasteiger partial charge in [0.15, 0.2) is 0 Å². The summed E-state index contributed by atoms with van der Waals surface area (Å²) in [6.07, 6.45) is 4.63. The molecular weight excluding hydrogens is 288 g/mol. The summed E-state index contributed by atoms with van der Waals surface area (Å²) in [7, 11) is 0. The van der Waals surface area contributed by atoms with E-state index in [2.05, 4.69) is 39.0 Å². The summed E-state index contributed by atoms with van der Waals surface area (Å²) in [6.45, 7) is 2.78. The Balaban J connectivity index is 1.42. The number of para-hydroxylation sites is 2. The van der Waals surface area contributed by atoms with E-state index in [0.717, 1.165) is 38.0 Å². The van der Waals surface area contributed by atoms with Crippen molar-refractivity contribution in [1.29, 1.82) is 0 Å². The lowest BCUT2D eigenvalue weighted by Gasteiger charge is -2.45. The minimum atomic E-state index is 0.0826. The van der Waals surface area contributed by atoms with Crippen molar-refractivity contribution in [2.75, 3.05) is 19.6 Å². The van der Waals surface area contributed by atoms with E-state index in [1.54, 1.807) is 0 Å². The zero-order valence-electron chi connectivity index (χ0n) is 13.2. The van der Waals surface area contributed by atoms with Gasteiger partial charge in [-0.25, -0.2) is 4.98 Å². The Labute approximate surface area is 135 Å². The number of imidazole rings is 1. The van der Waals surface area contributed by atoms with Gasteiger partial charge in [0.05, 0.1) is 23.1 Å². The molecule has 3 aliphatic rings. The van der Waals surface area contributed by atoms with Gasteiger partial charge in [0, 0.05) is 25.6 Å². The number of nitrogens with one attached hydrogen (secondary N) is 1. The van der Waals surface area contributed by atoms with Crippen LogP contribution in [0.2, 0.25) is 0 Å². The number of piperidine rings is 1. The number of benzene rings is 1. The van der Waals surface area contributed by atoms with Gasteiger partial charge in [0.25, 0.3) is 0 Å². The Hall–Kier alpha value is -1.88. The molecule has 1 N–H and O–H groups in total. The van der Waals surface area contributed by atoms with Crippen LogP contribution in [0.25, 0.3) is 11.0 Å². The number of hydrogen-bond acceptors (Lipinski definition) is 3. The van der Waals surface area contributed by atoms with Gasteiger partial charge in [0.2, 0.25) is 5.91 Å². The number of rotatable bonds is 3. The van der Waals surface area contributed by atoms with Crippen LogP contribution in [0.5, 0.6) is 0 Å². The van der Waals surface area contributed by atoms with Crippen LogP contribution in [0.1, 0.15) is 43.5 Å². The molecule has 0 bridgehead atoms. The highest BCUT2D eigenvalue weighted by Crippen LogP contribution is 2.43. The van der Waals surface area contributed by atoms with Crippen LogP contribution in [0.15, 0.2) is 24.3 Å². The van der Waals surface area contributed by atoms with Crippen molar-refractivity contribution in [3.05, 3.63) is 30.1 Å². The third kappa shape index (κ3) is 2.17. The lowest BCUT2D eigenvalue weighted by atomic mass is 9.98. The number of carbonyl (C=O) groups excluding carboxylic acids is 1. The van der Waals surface area contributed by atoms with Crippen molar-refractivity contribution in [2.45, 2.75) is 43.7 Å². The molecule has 1 aliphatic carbocycles. The van der Waals surface area contributed by atoms with E-state index in [-0.39, 0.29) is 11.9 Å². The Morgan fingerprint density at radius 3 is 2.74 bits per heavy atom. The Bertz CT molecular complexity index is 757. The highest BCUT2D eigenvalue weighted by Gasteiger charge is 2.40. The second-order valence-corrected chi connectivity index (χ2v) is 7.16. The van der Waals surface area contributed by atoms with Gasteiger partial charge in [0.1, 0.15) is 5.82 Å². The van der Waals surface area contributed by atoms with E-state index < -0.39 is 0 Å². The molecule has 1 aromatic carbocycles. The van der Waals surface area contributed by atoms with E-state index in [9.17, 15) is 4.79 Å². The summed E-state index contributed by atoms with van der Waals surface area (Å²) in [5, 5.41) is 3.00. The number of aromatic nitrogens is 2. The topological polar surface area (TPSA) is 50.2 Å². The average Bonchev–Trinajstić information content (AvgIpc) is 3.30. The monoisotopic (exact) mass is 310 g/mol. The van der Waals surface area contributed by atoms with Crippen molar-refractivity contribution < 1.29 is 4.79 Å². The number of amides is 1. The van der Waals surface area contributed by atoms with Crippen LogP contribution in [-0.4, -0.2) is 46.0 Å². The predicted molar refractivity (Wildman–Crippen MR) is 88.3 cm³/mol. The molecule has 1 aromatic heterocycles. The van der Waals surface area contributed by atoms with Gasteiger partial charge in [-0.1, -0.05) is 12.1 Å². The quantitative estimate of drug-likeness (QED) is 0.944. The van der Waals surface area contributed by atoms with Crippen LogP contribution in [0.3, 0.4) is 0 Å². The molecule has 1 amide bonds. The van der Waals surface area contributed by atoms with Crippen molar-refractivity contribution in [3.8, 4) is 0 Å². The van der Waals surface area contributed by atoms with E-state index >= 15 is 0 Å². The van der Waals surface area contributed by atoms with Crippen molar-refractivity contribution in [2.24, 2.45) is 0 Å². The van der Waals surface area contributed by atoms with Crippen molar-refractivity contribution in [1.82, 2.24) is 19.8 Å². The first kappa shape index (κ1) is 13.5. The Morgan fingerprint density at radius 2 is 1.96 bits per heavy atom. The third-order valence-electron chi connectivity index (χ3n) is 5.52. The maximum absolute atomic E-state index is 12.0. The van der Waals surface area contributed by atoms with Crippen LogP contribution >= 0.6 is 0 Å². The molecule has 2 aliphatic heterocycles. The highest BCUT2D eigenvalue weighted by atomic mass is 16.2. The van der Waals surface area contributed by atoms with Crippen molar-refractivity contribution >= 4 is 16.9 Å². The number of carbonyl (C=O) groups is 1. The van der Waals surface area contributed by atoms with Gasteiger partial charge in [-0.05, 0) is 37.8 Å². The van der Waals surface area contributed by atoms with Gasteiger partial charge < -0.3 is 9.88 Å². The van der Waals surface area contributed by atoms with Gasteiger partial charge in [-0.3, -0.25) is 9.69 Å². The van der Waals surface area contributed by atoms with E-state index in [1.165, 1.54) is 24.2 Å². The average molecular weight is 310 g/mol. The molecule has 2 aromatic rings. The van der Waals surface area contributed by atoms with Crippen LogP contribution < -0.4 is 5.32 Å². The predicted octanol–water partition coefficient (Wildman–Crippen LogP) is 2.05. The summed E-state index contributed by atoms with van der Waals surface area (Å²) in [5.74, 6) is 2.13. The van der Waals surface area contributed by atoms with E-state index in [4.69, 9.17) is 4.98 Å². The molecule has 0 spiro atoms. The molecule has 120 valence electrons. The largest absolute Gasteiger partial charge is 0.355 e. The Morgan fingerprint density at radius 1 is 1.13 bits per heavy atom. The zero-order chi connectivity index (χ0) is 15.4. The lowest BCUT2D eigenvalue weighted by Crippen LogP contribution is -2.59. The zero-order valence-corrected chi connectivity index (χ0v) is 13.2. The first-order chi connectivity index (χ1) is 11.3. The van der Waals surface area contributed by atoms with Gasteiger partial charge in [-0.2, -0.15) is 0 Å². The SMILES string of the molecule is O=C1NCCCC1N1CC(n2c(C3CC3)nc3ccccc32)C1. The molecule has 2 saturated heterocycles. The maximum atomic E-state index is 12.0. The van der Waals surface area contributed by atoms with Crippen molar-refractivity contribution in [3.63, 3.8) is 0 Å². The number of fused-ring (bicyclic) bond motifs is 1. The molecule has 5 nitrogen and oxygen atoms in total. The third-order valence-corrected chi connectivity index (χ3v) is 5.52. The summed E-state index contributed by atoms with van der Waals surface area (Å²) < 4.78 is 2.46. The number of hydrogen-bond donors (Lipinski definition) is 1. The van der Waals surface area contributed by atoms with E-state index in [0.29, 0.717) is 12.0 Å². The molecule has 1 unspecified atom stereocenters. The summed E-state index contributed by atoms with van der Waals surface area (Å²) in [5.41, 5.74) is 2.37. The van der Waals surface area contributed by atoms with Crippen LogP contribution in [0, 0.1) is 0 Å². The molecule has 3 fully saturated rings. The molecule has 0 radical (unpaired) electrons. The molecular formula is C18H22N4O. The van der Waals surface area contributed by atoms with Gasteiger partial charge >= 0.3 is 0 Å². The Kier molecular flexibility index (Phi) is 2.98. The minimum absolute atomic E-state index is 0.0826. The second kappa shape index (κ2) is 5.06. The van der Waals surface area contributed by atoms with Crippen LogP contribution in [0.4, 0.5) is 0 Å². The summed E-state index contributed by atoms with van der Waals surface area (Å²) in [6, 6.07) is 9.01. The molecule has 23 heavy (non-hydrogen) atoms. The molecule has 1 atom stereocenters. The normalized spacial score (nSPS) is 26.3. The fraction of sp³-hybridized carbons (Fsp3) is 0.556. The first-order valence-electron chi connectivity index (χ1n) is 8.80. The lowest BCUT2D eigenvalue weighted by molar-refractivity contribution is -0.131. The molecule has 5 rings (SSSR count). The highest BCUT2D eigenvalue weighted by molar-refractivity contribution is 5.82. The second-order valence-electron chi connectivity index (χ2n) is 7.16. The summed E-state index contributed by atoms with van der Waals surface area (Å²) >= 11 is 0. The fourth-order valence-corrected chi connectivity index (χ4v) is 4.09.